The standard InChI is InChI=1S/C15H23FN2O/c1-4-17-14-7-8-18(10-11(14)2)12-5-6-13(16)15(9-12)19-3/h5-6,9,11,14,17H,4,7-8,10H2,1-3H3. The van der Waals surface area contributed by atoms with Crippen molar-refractivity contribution in [3.63, 3.8) is 0 Å². The summed E-state index contributed by atoms with van der Waals surface area (Å²) in [6.45, 7) is 7.41. The van der Waals surface area contributed by atoms with Crippen LogP contribution >= 0.6 is 0 Å². The monoisotopic (exact) mass is 266 g/mol. The number of halogens is 1. The Morgan fingerprint density at radius 2 is 2.26 bits per heavy atom. The molecule has 2 unspecified atom stereocenters. The molecule has 0 spiro atoms. The molecule has 1 N–H and O–H groups in total. The van der Waals surface area contributed by atoms with E-state index in [1.54, 1.807) is 6.07 Å². The van der Waals surface area contributed by atoms with Crippen molar-refractivity contribution in [2.45, 2.75) is 26.3 Å². The number of ether oxygens (including phenoxy) is 1. The van der Waals surface area contributed by atoms with Gasteiger partial charge < -0.3 is 15.0 Å². The second-order valence-electron chi connectivity index (χ2n) is 5.19. The van der Waals surface area contributed by atoms with Gasteiger partial charge in [-0.3, -0.25) is 0 Å². The van der Waals surface area contributed by atoms with Crippen molar-refractivity contribution in [1.29, 1.82) is 0 Å². The van der Waals surface area contributed by atoms with Crippen LogP contribution in [0.5, 0.6) is 5.75 Å². The number of hydrogen-bond acceptors (Lipinski definition) is 3. The van der Waals surface area contributed by atoms with E-state index in [0.717, 1.165) is 31.7 Å². The van der Waals surface area contributed by atoms with Gasteiger partial charge in [-0.15, -0.1) is 0 Å². The molecule has 4 heteroatoms. The lowest BCUT2D eigenvalue weighted by atomic mass is 9.93. The van der Waals surface area contributed by atoms with Gasteiger partial charge in [0, 0.05) is 30.9 Å². The highest BCUT2D eigenvalue weighted by Gasteiger charge is 2.25. The highest BCUT2D eigenvalue weighted by molar-refractivity contribution is 5.51. The van der Waals surface area contributed by atoms with Crippen molar-refractivity contribution in [3.8, 4) is 5.75 Å². The molecule has 1 heterocycles. The highest BCUT2D eigenvalue weighted by Crippen LogP contribution is 2.28. The summed E-state index contributed by atoms with van der Waals surface area (Å²) in [6, 6.07) is 5.69. The van der Waals surface area contributed by atoms with E-state index in [2.05, 4.69) is 24.1 Å². The van der Waals surface area contributed by atoms with Gasteiger partial charge in [-0.1, -0.05) is 13.8 Å². The first-order chi connectivity index (χ1) is 9.15. The molecule has 1 aromatic carbocycles. The molecule has 3 nitrogen and oxygen atoms in total. The van der Waals surface area contributed by atoms with Crippen molar-refractivity contribution >= 4 is 5.69 Å². The average Bonchev–Trinajstić information content (AvgIpc) is 2.42. The number of nitrogens with one attached hydrogen (secondary N) is 1. The minimum Gasteiger partial charge on any atom is -0.494 e. The Morgan fingerprint density at radius 3 is 2.89 bits per heavy atom. The van der Waals surface area contributed by atoms with E-state index >= 15 is 0 Å². The number of nitrogens with zero attached hydrogens (tertiary/aromatic N) is 1. The summed E-state index contributed by atoms with van der Waals surface area (Å²) >= 11 is 0. The lowest BCUT2D eigenvalue weighted by Crippen LogP contribution is -2.48. The van der Waals surface area contributed by atoms with E-state index in [1.807, 2.05) is 6.07 Å². The van der Waals surface area contributed by atoms with Crippen molar-refractivity contribution in [2.75, 3.05) is 31.6 Å². The Labute approximate surface area is 114 Å². The Morgan fingerprint density at radius 1 is 1.47 bits per heavy atom. The second kappa shape index (κ2) is 6.24. The van der Waals surface area contributed by atoms with Gasteiger partial charge in [0.1, 0.15) is 0 Å². The van der Waals surface area contributed by atoms with Crippen molar-refractivity contribution < 1.29 is 9.13 Å². The largest absolute Gasteiger partial charge is 0.494 e. The van der Waals surface area contributed by atoms with Crippen LogP contribution in [-0.2, 0) is 0 Å². The van der Waals surface area contributed by atoms with Crippen LogP contribution in [0.15, 0.2) is 18.2 Å². The second-order valence-corrected chi connectivity index (χ2v) is 5.19. The summed E-state index contributed by atoms with van der Waals surface area (Å²) < 4.78 is 18.5. The molecule has 1 fully saturated rings. The van der Waals surface area contributed by atoms with Gasteiger partial charge in [0.05, 0.1) is 7.11 Å². The molecule has 0 saturated carbocycles. The molecule has 1 aromatic rings. The zero-order valence-corrected chi connectivity index (χ0v) is 11.9. The number of rotatable bonds is 4. The molecule has 2 atom stereocenters. The normalized spacial score (nSPS) is 23.5. The maximum Gasteiger partial charge on any atom is 0.165 e. The molecule has 1 saturated heterocycles. The lowest BCUT2D eigenvalue weighted by molar-refractivity contribution is 0.326. The molecule has 0 bridgehead atoms. The van der Waals surface area contributed by atoms with Crippen LogP contribution in [0.25, 0.3) is 0 Å². The molecule has 0 aliphatic carbocycles. The zero-order valence-electron chi connectivity index (χ0n) is 11.9. The number of methoxy groups -OCH3 is 1. The summed E-state index contributed by atoms with van der Waals surface area (Å²) in [5.74, 6) is 0.602. The third-order valence-electron chi connectivity index (χ3n) is 3.87. The number of piperidine rings is 1. The third kappa shape index (κ3) is 3.18. The Bertz CT molecular complexity index is 425. The van der Waals surface area contributed by atoms with Gasteiger partial charge in [0.25, 0.3) is 0 Å². The summed E-state index contributed by atoms with van der Waals surface area (Å²) in [4.78, 5) is 2.31. The van der Waals surface area contributed by atoms with E-state index in [9.17, 15) is 4.39 Å². The van der Waals surface area contributed by atoms with Gasteiger partial charge in [0.15, 0.2) is 11.6 Å². The minimum atomic E-state index is -0.304. The quantitative estimate of drug-likeness (QED) is 0.906. The van der Waals surface area contributed by atoms with E-state index < -0.39 is 0 Å². The molecule has 0 radical (unpaired) electrons. The Balaban J connectivity index is 2.07. The molecule has 19 heavy (non-hydrogen) atoms. The topological polar surface area (TPSA) is 24.5 Å². The predicted molar refractivity (Wildman–Crippen MR) is 76.4 cm³/mol. The summed E-state index contributed by atoms with van der Waals surface area (Å²) in [5, 5.41) is 3.53. The van der Waals surface area contributed by atoms with Crippen LogP contribution in [0.2, 0.25) is 0 Å². The Kier molecular flexibility index (Phi) is 4.64. The first-order valence-electron chi connectivity index (χ1n) is 6.97. The summed E-state index contributed by atoms with van der Waals surface area (Å²) in [7, 11) is 1.50. The average molecular weight is 266 g/mol. The lowest BCUT2D eigenvalue weighted by Gasteiger charge is -2.38. The SMILES string of the molecule is CCNC1CCN(c2ccc(F)c(OC)c2)CC1C. The molecule has 1 aliphatic heterocycles. The van der Waals surface area contributed by atoms with Crippen LogP contribution in [-0.4, -0.2) is 32.8 Å². The van der Waals surface area contributed by atoms with Gasteiger partial charge in [-0.25, -0.2) is 4.39 Å². The molecule has 106 valence electrons. The van der Waals surface area contributed by atoms with Crippen molar-refractivity contribution in [1.82, 2.24) is 5.32 Å². The van der Waals surface area contributed by atoms with Crippen molar-refractivity contribution in [2.24, 2.45) is 5.92 Å². The minimum absolute atomic E-state index is 0.304. The van der Waals surface area contributed by atoms with E-state index in [1.165, 1.54) is 13.2 Å². The smallest absolute Gasteiger partial charge is 0.165 e. The van der Waals surface area contributed by atoms with Gasteiger partial charge in [0.2, 0.25) is 0 Å². The fourth-order valence-electron chi connectivity index (χ4n) is 2.79. The summed E-state index contributed by atoms with van der Waals surface area (Å²) in [6.07, 6.45) is 1.12. The molecule has 1 aliphatic rings. The maximum atomic E-state index is 13.4. The first-order valence-corrected chi connectivity index (χ1v) is 6.97. The van der Waals surface area contributed by atoms with Gasteiger partial charge in [-0.05, 0) is 31.0 Å². The molecule has 0 aromatic heterocycles. The van der Waals surface area contributed by atoms with Crippen LogP contribution in [0.4, 0.5) is 10.1 Å². The maximum absolute atomic E-state index is 13.4. The van der Waals surface area contributed by atoms with Crippen LogP contribution in [0.1, 0.15) is 20.3 Å². The molecule has 0 amide bonds. The fraction of sp³-hybridized carbons (Fsp3) is 0.600. The van der Waals surface area contributed by atoms with Gasteiger partial charge >= 0.3 is 0 Å². The van der Waals surface area contributed by atoms with E-state index in [-0.39, 0.29) is 5.82 Å². The van der Waals surface area contributed by atoms with Crippen LogP contribution in [0.3, 0.4) is 0 Å². The zero-order chi connectivity index (χ0) is 13.8. The van der Waals surface area contributed by atoms with Crippen molar-refractivity contribution in [3.05, 3.63) is 24.0 Å². The van der Waals surface area contributed by atoms with Crippen LogP contribution < -0.4 is 15.0 Å². The number of anilines is 1. The molecule has 2 rings (SSSR count). The number of benzene rings is 1. The van der Waals surface area contributed by atoms with Crippen LogP contribution in [0, 0.1) is 11.7 Å². The number of hydrogen-bond donors (Lipinski definition) is 1. The predicted octanol–water partition coefficient (Wildman–Crippen LogP) is 2.66. The summed E-state index contributed by atoms with van der Waals surface area (Å²) in [5.41, 5.74) is 1.04. The highest BCUT2D eigenvalue weighted by atomic mass is 19.1. The fourth-order valence-corrected chi connectivity index (χ4v) is 2.79. The third-order valence-corrected chi connectivity index (χ3v) is 3.87. The van der Waals surface area contributed by atoms with Gasteiger partial charge in [-0.2, -0.15) is 0 Å². The molecular weight excluding hydrogens is 243 g/mol. The molecular formula is C15H23FN2O. The Hall–Kier alpha value is -1.29. The van der Waals surface area contributed by atoms with E-state index in [4.69, 9.17) is 4.74 Å². The first kappa shape index (κ1) is 14.1. The van der Waals surface area contributed by atoms with E-state index in [0.29, 0.717) is 17.7 Å².